The molecule has 3 rings (SSSR count). The molecule has 0 aliphatic carbocycles. The van der Waals surface area contributed by atoms with Crippen molar-refractivity contribution in [1.29, 1.82) is 0 Å². The van der Waals surface area contributed by atoms with Gasteiger partial charge in [0.1, 0.15) is 0 Å². The van der Waals surface area contributed by atoms with Gasteiger partial charge in [0.2, 0.25) is 5.95 Å². The zero-order valence-corrected chi connectivity index (χ0v) is 11.3. The van der Waals surface area contributed by atoms with Gasteiger partial charge in [-0.05, 0) is 5.56 Å². The lowest BCUT2D eigenvalue weighted by Gasteiger charge is -2.26. The van der Waals surface area contributed by atoms with Crippen molar-refractivity contribution in [3.05, 3.63) is 53.9 Å². The summed E-state index contributed by atoms with van der Waals surface area (Å²) in [6.45, 7) is 3.22. The van der Waals surface area contributed by atoms with Crippen LogP contribution < -0.4 is 4.90 Å². The standard InChI is InChI=1S/C16H17N3O/c1-2-4-14(5-3-1)6-7-15-12-17-16(18-13-15)19-8-10-20-11-9-19/h1-7,12-13H,8-11H2/b7-6+. The highest BCUT2D eigenvalue weighted by molar-refractivity contribution is 5.68. The first kappa shape index (κ1) is 12.8. The van der Waals surface area contributed by atoms with Gasteiger partial charge in [-0.15, -0.1) is 0 Å². The fraction of sp³-hybridized carbons (Fsp3) is 0.250. The third-order valence-corrected chi connectivity index (χ3v) is 3.22. The minimum atomic E-state index is 0.749. The summed E-state index contributed by atoms with van der Waals surface area (Å²) < 4.78 is 5.32. The summed E-state index contributed by atoms with van der Waals surface area (Å²) in [5, 5.41) is 0. The number of aromatic nitrogens is 2. The minimum absolute atomic E-state index is 0.749. The first-order valence-corrected chi connectivity index (χ1v) is 6.80. The van der Waals surface area contributed by atoms with E-state index in [4.69, 9.17) is 4.74 Å². The summed E-state index contributed by atoms with van der Waals surface area (Å²) in [6.07, 6.45) is 7.81. The van der Waals surface area contributed by atoms with Gasteiger partial charge in [-0.2, -0.15) is 0 Å². The van der Waals surface area contributed by atoms with Gasteiger partial charge < -0.3 is 9.64 Å². The minimum Gasteiger partial charge on any atom is -0.378 e. The first-order valence-electron chi connectivity index (χ1n) is 6.80. The lowest BCUT2D eigenvalue weighted by molar-refractivity contribution is 0.122. The lowest BCUT2D eigenvalue weighted by atomic mass is 10.2. The number of ether oxygens (including phenoxy) is 1. The maximum atomic E-state index is 5.32. The third-order valence-electron chi connectivity index (χ3n) is 3.22. The van der Waals surface area contributed by atoms with E-state index in [0.29, 0.717) is 0 Å². The van der Waals surface area contributed by atoms with E-state index < -0.39 is 0 Å². The molecule has 0 atom stereocenters. The van der Waals surface area contributed by atoms with Gasteiger partial charge >= 0.3 is 0 Å². The van der Waals surface area contributed by atoms with E-state index in [1.807, 2.05) is 36.7 Å². The number of anilines is 1. The van der Waals surface area contributed by atoms with Gasteiger partial charge in [-0.3, -0.25) is 0 Å². The predicted octanol–water partition coefficient (Wildman–Crippen LogP) is 2.48. The molecule has 1 fully saturated rings. The molecule has 1 aromatic carbocycles. The Morgan fingerprint density at radius 3 is 2.25 bits per heavy atom. The van der Waals surface area contributed by atoms with Crippen molar-refractivity contribution < 1.29 is 4.74 Å². The molecule has 102 valence electrons. The van der Waals surface area contributed by atoms with Crippen LogP contribution in [-0.2, 0) is 4.74 Å². The van der Waals surface area contributed by atoms with Crippen LogP contribution in [0.4, 0.5) is 5.95 Å². The molecule has 4 heteroatoms. The van der Waals surface area contributed by atoms with Gasteiger partial charge in [0, 0.05) is 31.0 Å². The number of hydrogen-bond acceptors (Lipinski definition) is 4. The number of nitrogens with zero attached hydrogens (tertiary/aromatic N) is 3. The second-order valence-electron chi connectivity index (χ2n) is 4.66. The molecular formula is C16H17N3O. The van der Waals surface area contributed by atoms with Gasteiger partial charge in [0.15, 0.2) is 0 Å². The van der Waals surface area contributed by atoms with Crippen LogP contribution in [0.15, 0.2) is 42.7 Å². The smallest absolute Gasteiger partial charge is 0.225 e. The molecule has 1 aliphatic rings. The molecule has 1 saturated heterocycles. The molecule has 2 aromatic rings. The van der Waals surface area contributed by atoms with E-state index >= 15 is 0 Å². The molecule has 1 aromatic heterocycles. The van der Waals surface area contributed by atoms with Crippen molar-refractivity contribution in [3.8, 4) is 0 Å². The molecule has 2 heterocycles. The van der Waals surface area contributed by atoms with Crippen molar-refractivity contribution in [2.45, 2.75) is 0 Å². The normalized spacial score (nSPS) is 15.7. The van der Waals surface area contributed by atoms with Gasteiger partial charge in [0.05, 0.1) is 13.2 Å². The second kappa shape index (κ2) is 6.30. The van der Waals surface area contributed by atoms with Crippen molar-refractivity contribution in [2.24, 2.45) is 0 Å². The van der Waals surface area contributed by atoms with Gasteiger partial charge in [0.25, 0.3) is 0 Å². The zero-order valence-electron chi connectivity index (χ0n) is 11.3. The van der Waals surface area contributed by atoms with E-state index in [2.05, 4.69) is 33.1 Å². The van der Waals surface area contributed by atoms with E-state index in [1.54, 1.807) is 0 Å². The number of benzene rings is 1. The van der Waals surface area contributed by atoms with Crippen LogP contribution in [0.2, 0.25) is 0 Å². The molecular weight excluding hydrogens is 250 g/mol. The summed E-state index contributed by atoms with van der Waals surface area (Å²) in [5.74, 6) is 0.783. The van der Waals surface area contributed by atoms with E-state index in [0.717, 1.165) is 37.8 Å². The summed E-state index contributed by atoms with van der Waals surface area (Å²) >= 11 is 0. The molecule has 0 radical (unpaired) electrons. The lowest BCUT2D eigenvalue weighted by Crippen LogP contribution is -2.37. The third kappa shape index (κ3) is 3.22. The highest BCUT2D eigenvalue weighted by atomic mass is 16.5. The fourth-order valence-corrected chi connectivity index (χ4v) is 2.10. The Hall–Kier alpha value is -2.20. The van der Waals surface area contributed by atoms with E-state index in [-0.39, 0.29) is 0 Å². The molecule has 0 N–H and O–H groups in total. The highest BCUT2D eigenvalue weighted by Crippen LogP contribution is 2.11. The molecule has 0 bridgehead atoms. The Morgan fingerprint density at radius 2 is 1.55 bits per heavy atom. The number of hydrogen-bond donors (Lipinski definition) is 0. The van der Waals surface area contributed by atoms with Crippen molar-refractivity contribution in [2.75, 3.05) is 31.2 Å². The molecule has 1 aliphatic heterocycles. The first-order chi connectivity index (χ1) is 9.92. The van der Waals surface area contributed by atoms with Crippen LogP contribution in [0.3, 0.4) is 0 Å². The van der Waals surface area contributed by atoms with E-state index in [9.17, 15) is 0 Å². The average Bonchev–Trinajstić information content (AvgIpc) is 2.55. The summed E-state index contributed by atoms with van der Waals surface area (Å²) in [5.41, 5.74) is 2.18. The van der Waals surface area contributed by atoms with E-state index in [1.165, 1.54) is 5.56 Å². The zero-order chi connectivity index (χ0) is 13.6. The monoisotopic (exact) mass is 267 g/mol. The quantitative estimate of drug-likeness (QED) is 0.856. The SMILES string of the molecule is C(=C\c1cnc(N2CCOCC2)nc1)/c1ccccc1. The van der Waals surface area contributed by atoms with Crippen molar-refractivity contribution in [3.63, 3.8) is 0 Å². The predicted molar refractivity (Wildman–Crippen MR) is 80.4 cm³/mol. The molecule has 4 nitrogen and oxygen atoms in total. The van der Waals surface area contributed by atoms with Crippen molar-refractivity contribution >= 4 is 18.1 Å². The Morgan fingerprint density at radius 1 is 0.900 bits per heavy atom. The number of morpholine rings is 1. The topological polar surface area (TPSA) is 38.2 Å². The summed E-state index contributed by atoms with van der Waals surface area (Å²) in [4.78, 5) is 11.0. The molecule has 0 unspecified atom stereocenters. The number of rotatable bonds is 3. The van der Waals surface area contributed by atoms with Crippen LogP contribution in [0.5, 0.6) is 0 Å². The van der Waals surface area contributed by atoms with Gasteiger partial charge in [-0.25, -0.2) is 9.97 Å². The Kier molecular flexibility index (Phi) is 4.04. The Bertz CT molecular complexity index is 560. The maximum absolute atomic E-state index is 5.32. The van der Waals surface area contributed by atoms with Gasteiger partial charge in [-0.1, -0.05) is 42.5 Å². The van der Waals surface area contributed by atoms with Crippen LogP contribution in [0.1, 0.15) is 11.1 Å². The summed E-state index contributed by atoms with van der Waals surface area (Å²) in [7, 11) is 0. The Balaban J connectivity index is 1.68. The van der Waals surface area contributed by atoms with Crippen LogP contribution in [0.25, 0.3) is 12.2 Å². The molecule has 0 saturated carbocycles. The fourth-order valence-electron chi connectivity index (χ4n) is 2.10. The highest BCUT2D eigenvalue weighted by Gasteiger charge is 2.12. The molecule has 0 spiro atoms. The van der Waals surface area contributed by atoms with Crippen LogP contribution in [-0.4, -0.2) is 36.3 Å². The van der Waals surface area contributed by atoms with Crippen LogP contribution in [0, 0.1) is 0 Å². The summed E-state index contributed by atoms with van der Waals surface area (Å²) in [6, 6.07) is 10.2. The largest absolute Gasteiger partial charge is 0.378 e. The Labute approximate surface area is 118 Å². The average molecular weight is 267 g/mol. The van der Waals surface area contributed by atoms with Crippen molar-refractivity contribution in [1.82, 2.24) is 9.97 Å². The second-order valence-corrected chi connectivity index (χ2v) is 4.66. The van der Waals surface area contributed by atoms with Crippen LogP contribution >= 0.6 is 0 Å². The molecule has 0 amide bonds. The maximum Gasteiger partial charge on any atom is 0.225 e. The molecule has 20 heavy (non-hydrogen) atoms.